The molecule has 0 saturated carbocycles. The minimum absolute atomic E-state index is 0.626. The number of aryl methyl sites for hydroxylation is 1. The second-order valence-corrected chi connectivity index (χ2v) is 14.5. The molecule has 11 rings (SSSR count). The normalized spacial score (nSPS) is 11.6. The summed E-state index contributed by atoms with van der Waals surface area (Å²) in [5, 5.41) is 4.94. The molecule has 0 saturated heterocycles. The number of para-hydroxylation sites is 3. The van der Waals surface area contributed by atoms with Crippen LogP contribution in [0.25, 0.3) is 100 Å². The van der Waals surface area contributed by atoms with E-state index in [9.17, 15) is 0 Å². The number of nitrogens with zero attached hydrogens (tertiary/aromatic N) is 5. The average Bonchev–Trinajstić information content (AvgIpc) is 3.80. The van der Waals surface area contributed by atoms with E-state index in [0.29, 0.717) is 17.5 Å². The molecule has 0 atom stereocenters. The van der Waals surface area contributed by atoms with E-state index >= 15 is 0 Å². The highest BCUT2D eigenvalue weighted by Gasteiger charge is 2.22. The molecule has 0 spiro atoms. The molecule has 0 radical (unpaired) electrons. The second-order valence-electron chi connectivity index (χ2n) is 14.5. The average molecular weight is 730 g/mol. The van der Waals surface area contributed by atoms with Crippen molar-refractivity contribution in [2.75, 3.05) is 0 Å². The Morgan fingerprint density at radius 3 is 1.44 bits per heavy atom. The summed E-state index contributed by atoms with van der Waals surface area (Å²) in [5.74, 6) is 1.91. The van der Waals surface area contributed by atoms with Gasteiger partial charge in [-0.15, -0.1) is 0 Å². The molecule has 5 heteroatoms. The maximum Gasteiger partial charge on any atom is 0.164 e. The first-order valence-corrected chi connectivity index (χ1v) is 19.3. The molecule has 0 aliphatic rings. The third kappa shape index (κ3) is 5.43. The highest BCUT2D eigenvalue weighted by Crippen LogP contribution is 2.44. The summed E-state index contributed by atoms with van der Waals surface area (Å²) in [6, 6.07) is 68.5. The Morgan fingerprint density at radius 2 is 0.842 bits per heavy atom. The van der Waals surface area contributed by atoms with Gasteiger partial charge in [-0.25, -0.2) is 15.0 Å². The fraction of sp³-hybridized carbons (Fsp3) is 0.0192. The van der Waals surface area contributed by atoms with Crippen LogP contribution in [0.1, 0.15) is 5.56 Å². The van der Waals surface area contributed by atoms with E-state index in [-0.39, 0.29) is 0 Å². The van der Waals surface area contributed by atoms with Gasteiger partial charge in [-0.05, 0) is 67.1 Å². The topological polar surface area (TPSA) is 48.5 Å². The van der Waals surface area contributed by atoms with Gasteiger partial charge in [0.15, 0.2) is 17.5 Å². The molecule has 57 heavy (non-hydrogen) atoms. The van der Waals surface area contributed by atoms with Gasteiger partial charge in [-0.3, -0.25) is 0 Å². The van der Waals surface area contributed by atoms with Gasteiger partial charge in [0.05, 0.1) is 27.8 Å². The van der Waals surface area contributed by atoms with Crippen molar-refractivity contribution in [2.45, 2.75) is 6.92 Å². The Balaban J connectivity index is 1.19. The van der Waals surface area contributed by atoms with Crippen molar-refractivity contribution >= 4 is 43.6 Å². The Labute approximate surface area is 329 Å². The summed E-state index contributed by atoms with van der Waals surface area (Å²) in [6.45, 7) is 2.15. The van der Waals surface area contributed by atoms with Crippen molar-refractivity contribution in [2.24, 2.45) is 0 Å². The van der Waals surface area contributed by atoms with E-state index in [0.717, 1.165) is 50.2 Å². The molecule has 268 valence electrons. The molecule has 0 amide bonds. The van der Waals surface area contributed by atoms with Crippen LogP contribution in [-0.2, 0) is 0 Å². The molecule has 0 bridgehead atoms. The van der Waals surface area contributed by atoms with Crippen LogP contribution in [0.3, 0.4) is 0 Å². The molecule has 0 fully saturated rings. The Bertz CT molecular complexity index is 3230. The SMILES string of the molecule is Cc1cccc(-c2cc(-c3nc(-c4ccccc4)nc(-c4ccccc4)n3)ccc2-n2c3ccccc3c3c4c5ccccc5n(-c5ccccc5)c4ccc32)c1. The van der Waals surface area contributed by atoms with Gasteiger partial charge in [0, 0.05) is 49.5 Å². The molecule has 3 aromatic heterocycles. The largest absolute Gasteiger partial charge is 0.309 e. The Hall–Kier alpha value is -7.63. The van der Waals surface area contributed by atoms with Gasteiger partial charge in [-0.1, -0.05) is 145 Å². The van der Waals surface area contributed by atoms with Gasteiger partial charge in [0.25, 0.3) is 0 Å². The highest BCUT2D eigenvalue weighted by atomic mass is 15.0. The number of aromatic nitrogens is 5. The van der Waals surface area contributed by atoms with Crippen LogP contribution >= 0.6 is 0 Å². The van der Waals surface area contributed by atoms with E-state index in [2.05, 4.69) is 150 Å². The second kappa shape index (κ2) is 13.3. The number of hydrogen-bond acceptors (Lipinski definition) is 3. The third-order valence-corrected chi connectivity index (χ3v) is 11.0. The maximum absolute atomic E-state index is 5.10. The van der Waals surface area contributed by atoms with Crippen molar-refractivity contribution < 1.29 is 0 Å². The lowest BCUT2D eigenvalue weighted by Gasteiger charge is -2.16. The fourth-order valence-corrected chi connectivity index (χ4v) is 8.48. The Kier molecular flexibility index (Phi) is 7.64. The molecule has 5 nitrogen and oxygen atoms in total. The van der Waals surface area contributed by atoms with E-state index in [4.69, 9.17) is 15.0 Å². The maximum atomic E-state index is 5.10. The fourth-order valence-electron chi connectivity index (χ4n) is 8.48. The minimum Gasteiger partial charge on any atom is -0.309 e. The first-order chi connectivity index (χ1) is 28.2. The number of fused-ring (bicyclic) bond motifs is 7. The smallest absolute Gasteiger partial charge is 0.164 e. The van der Waals surface area contributed by atoms with Crippen LogP contribution in [0, 0.1) is 6.92 Å². The highest BCUT2D eigenvalue weighted by molar-refractivity contribution is 6.29. The third-order valence-electron chi connectivity index (χ3n) is 11.0. The van der Waals surface area contributed by atoms with Gasteiger partial charge in [0.1, 0.15) is 0 Å². The first-order valence-electron chi connectivity index (χ1n) is 19.3. The molecule has 0 aliphatic carbocycles. The molecule has 8 aromatic carbocycles. The minimum atomic E-state index is 0.626. The molecule has 0 unspecified atom stereocenters. The standard InChI is InChI=1S/C52H35N5/c1-34-16-15-21-37(32-34)42-33-38(52-54-50(35-17-5-2-6-18-35)53-51(55-52)36-19-7-3-8-20-36)28-29-45(42)57-44-27-14-12-25-41(44)49-47(57)31-30-46-48(49)40-24-11-13-26-43(40)56(46)39-22-9-4-10-23-39/h2-33H,1H3. The predicted octanol–water partition coefficient (Wildman–Crippen LogP) is 13.0. The number of benzene rings is 8. The summed E-state index contributed by atoms with van der Waals surface area (Å²) < 4.78 is 4.84. The van der Waals surface area contributed by atoms with Crippen LogP contribution in [-0.4, -0.2) is 24.1 Å². The summed E-state index contributed by atoms with van der Waals surface area (Å²) >= 11 is 0. The lowest BCUT2D eigenvalue weighted by atomic mass is 9.98. The molecule has 3 heterocycles. The van der Waals surface area contributed by atoms with Crippen LogP contribution < -0.4 is 0 Å². The lowest BCUT2D eigenvalue weighted by Crippen LogP contribution is -2.02. The van der Waals surface area contributed by atoms with Gasteiger partial charge < -0.3 is 9.13 Å². The van der Waals surface area contributed by atoms with Crippen molar-refractivity contribution in [1.29, 1.82) is 0 Å². The van der Waals surface area contributed by atoms with Crippen molar-refractivity contribution in [3.05, 3.63) is 200 Å². The van der Waals surface area contributed by atoms with Gasteiger partial charge >= 0.3 is 0 Å². The van der Waals surface area contributed by atoms with E-state index < -0.39 is 0 Å². The zero-order valence-electron chi connectivity index (χ0n) is 31.2. The van der Waals surface area contributed by atoms with Crippen LogP contribution in [0.4, 0.5) is 0 Å². The predicted molar refractivity (Wildman–Crippen MR) is 235 cm³/mol. The lowest BCUT2D eigenvalue weighted by molar-refractivity contribution is 1.07. The van der Waals surface area contributed by atoms with E-state index in [1.165, 1.54) is 38.1 Å². The molecule has 11 aromatic rings. The zero-order valence-corrected chi connectivity index (χ0v) is 31.2. The van der Waals surface area contributed by atoms with E-state index in [1.807, 2.05) is 60.7 Å². The van der Waals surface area contributed by atoms with Gasteiger partial charge in [-0.2, -0.15) is 0 Å². The summed E-state index contributed by atoms with van der Waals surface area (Å²) in [6.07, 6.45) is 0. The van der Waals surface area contributed by atoms with Crippen LogP contribution in [0.15, 0.2) is 194 Å². The Morgan fingerprint density at radius 1 is 0.351 bits per heavy atom. The van der Waals surface area contributed by atoms with Crippen molar-refractivity contribution in [3.8, 4) is 56.7 Å². The van der Waals surface area contributed by atoms with Crippen molar-refractivity contribution in [1.82, 2.24) is 24.1 Å². The summed E-state index contributed by atoms with van der Waals surface area (Å²) in [5.41, 5.74) is 13.1. The monoisotopic (exact) mass is 729 g/mol. The van der Waals surface area contributed by atoms with Crippen molar-refractivity contribution in [3.63, 3.8) is 0 Å². The van der Waals surface area contributed by atoms with Gasteiger partial charge in [0.2, 0.25) is 0 Å². The molecule has 0 aliphatic heterocycles. The quantitative estimate of drug-likeness (QED) is 0.171. The van der Waals surface area contributed by atoms with Crippen LogP contribution in [0.5, 0.6) is 0 Å². The first kappa shape index (κ1) is 32.8. The summed E-state index contributed by atoms with van der Waals surface area (Å²) in [7, 11) is 0. The molecular formula is C52H35N5. The molecule has 0 N–H and O–H groups in total. The molecular weight excluding hydrogens is 695 g/mol. The van der Waals surface area contributed by atoms with Crippen LogP contribution in [0.2, 0.25) is 0 Å². The van der Waals surface area contributed by atoms with E-state index in [1.54, 1.807) is 0 Å². The summed E-state index contributed by atoms with van der Waals surface area (Å²) in [4.78, 5) is 15.2. The number of hydrogen-bond donors (Lipinski definition) is 0. The number of rotatable bonds is 6. The zero-order chi connectivity index (χ0) is 37.9.